The van der Waals surface area contributed by atoms with Gasteiger partial charge in [0.15, 0.2) is 11.6 Å². The van der Waals surface area contributed by atoms with Crippen LogP contribution in [0.4, 0.5) is 10.2 Å². The molecule has 1 fully saturated rings. The number of methoxy groups -OCH3 is 1. The molecular weight excluding hydrogens is 325 g/mol. The Morgan fingerprint density at radius 3 is 2.75 bits per heavy atom. The first kappa shape index (κ1) is 17.0. The Kier molecular flexibility index (Phi) is 5.56. The number of aromatic nitrogens is 2. The van der Waals surface area contributed by atoms with Gasteiger partial charge in [-0.3, -0.25) is 0 Å². The molecule has 0 spiro atoms. The molecule has 0 atom stereocenters. The van der Waals surface area contributed by atoms with Gasteiger partial charge in [0.1, 0.15) is 17.2 Å². The van der Waals surface area contributed by atoms with Gasteiger partial charge in [-0.1, -0.05) is 13.0 Å². The fourth-order valence-corrected chi connectivity index (χ4v) is 3.58. The second kappa shape index (κ2) is 7.83. The second-order valence-electron chi connectivity index (χ2n) is 6.14. The van der Waals surface area contributed by atoms with E-state index in [1.165, 1.54) is 26.0 Å². The Labute approximate surface area is 146 Å². The normalized spacial score (nSPS) is 15.5. The van der Waals surface area contributed by atoms with Gasteiger partial charge < -0.3 is 9.64 Å². The van der Waals surface area contributed by atoms with E-state index < -0.39 is 0 Å². The summed E-state index contributed by atoms with van der Waals surface area (Å²) >= 11 is 1.59. The summed E-state index contributed by atoms with van der Waals surface area (Å²) < 4.78 is 18.7. The van der Waals surface area contributed by atoms with Gasteiger partial charge >= 0.3 is 0 Å². The van der Waals surface area contributed by atoms with Crippen LogP contribution in [-0.4, -0.2) is 30.2 Å². The summed E-state index contributed by atoms with van der Waals surface area (Å²) in [4.78, 5) is 11.1. The summed E-state index contributed by atoms with van der Waals surface area (Å²) in [5.41, 5.74) is 0.908. The van der Waals surface area contributed by atoms with Crippen LogP contribution in [0.3, 0.4) is 0 Å². The van der Waals surface area contributed by atoms with Gasteiger partial charge in [-0.05, 0) is 36.5 Å². The Bertz CT molecular complexity index is 690. The molecule has 128 valence electrons. The van der Waals surface area contributed by atoms with Gasteiger partial charge in [-0.15, -0.1) is 11.8 Å². The average Bonchev–Trinajstić information content (AvgIpc) is 2.61. The van der Waals surface area contributed by atoms with Gasteiger partial charge in [0, 0.05) is 24.9 Å². The zero-order valence-electron chi connectivity index (χ0n) is 14.0. The van der Waals surface area contributed by atoms with E-state index in [0.717, 1.165) is 35.4 Å². The number of rotatable bonds is 5. The summed E-state index contributed by atoms with van der Waals surface area (Å²) in [7, 11) is 1.47. The van der Waals surface area contributed by atoms with Gasteiger partial charge in [0.2, 0.25) is 0 Å². The third-order valence-corrected chi connectivity index (χ3v) is 5.33. The highest BCUT2D eigenvalue weighted by Gasteiger charge is 2.17. The summed E-state index contributed by atoms with van der Waals surface area (Å²) in [6, 6.07) is 7.08. The van der Waals surface area contributed by atoms with Crippen molar-refractivity contribution in [2.24, 2.45) is 5.92 Å². The van der Waals surface area contributed by atoms with E-state index in [1.807, 2.05) is 12.1 Å². The van der Waals surface area contributed by atoms with Crippen molar-refractivity contribution in [1.29, 1.82) is 0 Å². The van der Waals surface area contributed by atoms with Crippen LogP contribution in [0.5, 0.6) is 5.75 Å². The fraction of sp³-hybridized carbons (Fsp3) is 0.444. The lowest BCUT2D eigenvalue weighted by Gasteiger charge is -2.31. The topological polar surface area (TPSA) is 38.2 Å². The highest BCUT2D eigenvalue weighted by atomic mass is 32.2. The number of hydrogen-bond acceptors (Lipinski definition) is 5. The van der Waals surface area contributed by atoms with Crippen LogP contribution in [0.15, 0.2) is 35.6 Å². The number of thioether (sulfide) groups is 1. The van der Waals surface area contributed by atoms with Crippen molar-refractivity contribution in [3.8, 4) is 5.75 Å². The van der Waals surface area contributed by atoms with Crippen molar-refractivity contribution in [3.63, 3.8) is 0 Å². The van der Waals surface area contributed by atoms with E-state index >= 15 is 0 Å². The zero-order chi connectivity index (χ0) is 16.9. The number of halogens is 1. The van der Waals surface area contributed by atoms with Crippen LogP contribution in [0.25, 0.3) is 0 Å². The van der Waals surface area contributed by atoms with Crippen LogP contribution in [-0.2, 0) is 5.75 Å². The minimum absolute atomic E-state index is 0.271. The van der Waals surface area contributed by atoms with Crippen LogP contribution in [0.2, 0.25) is 0 Å². The van der Waals surface area contributed by atoms with Gasteiger partial charge in [0.05, 0.1) is 7.11 Å². The third-order valence-electron chi connectivity index (χ3n) is 4.34. The predicted octanol–water partition coefficient (Wildman–Crippen LogP) is 4.15. The first-order chi connectivity index (χ1) is 11.7. The fourth-order valence-electron chi connectivity index (χ4n) is 2.78. The Morgan fingerprint density at radius 2 is 2.04 bits per heavy atom. The molecular formula is C18H22FN3OS. The Balaban J connectivity index is 1.63. The van der Waals surface area contributed by atoms with E-state index in [-0.39, 0.29) is 11.6 Å². The number of ether oxygens (including phenoxy) is 1. The lowest BCUT2D eigenvalue weighted by atomic mass is 9.99. The highest BCUT2D eigenvalue weighted by molar-refractivity contribution is 7.98. The molecule has 0 N–H and O–H groups in total. The number of anilines is 1. The van der Waals surface area contributed by atoms with Crippen LogP contribution in [0.1, 0.15) is 25.3 Å². The number of hydrogen-bond donors (Lipinski definition) is 0. The van der Waals surface area contributed by atoms with Crippen molar-refractivity contribution < 1.29 is 9.13 Å². The summed E-state index contributed by atoms with van der Waals surface area (Å²) in [6.07, 6.45) is 4.03. The van der Waals surface area contributed by atoms with Crippen LogP contribution >= 0.6 is 11.8 Å². The first-order valence-electron chi connectivity index (χ1n) is 8.18. The van der Waals surface area contributed by atoms with Gasteiger partial charge in [0.25, 0.3) is 0 Å². The molecule has 24 heavy (non-hydrogen) atoms. The van der Waals surface area contributed by atoms with Crippen molar-refractivity contribution in [2.75, 3.05) is 25.1 Å². The Morgan fingerprint density at radius 1 is 1.25 bits per heavy atom. The van der Waals surface area contributed by atoms with Gasteiger partial charge in [-0.2, -0.15) is 0 Å². The van der Waals surface area contributed by atoms with E-state index in [1.54, 1.807) is 24.2 Å². The SMILES string of the molecule is COc1ccc(CSc2cc(N3CCC(C)CC3)ncn2)cc1F. The predicted molar refractivity (Wildman–Crippen MR) is 95.2 cm³/mol. The van der Waals surface area contributed by atoms with Crippen LogP contribution in [0, 0.1) is 11.7 Å². The van der Waals surface area contributed by atoms with Crippen LogP contribution < -0.4 is 9.64 Å². The van der Waals surface area contributed by atoms with E-state index in [4.69, 9.17) is 4.74 Å². The molecule has 1 saturated heterocycles. The monoisotopic (exact) mass is 347 g/mol. The number of nitrogens with zero attached hydrogens (tertiary/aromatic N) is 3. The molecule has 1 aliphatic rings. The summed E-state index contributed by atoms with van der Waals surface area (Å²) in [6.45, 7) is 4.39. The maximum Gasteiger partial charge on any atom is 0.165 e. The Hall–Kier alpha value is -1.82. The number of piperidine rings is 1. The van der Waals surface area contributed by atoms with Crippen molar-refractivity contribution >= 4 is 17.6 Å². The number of benzene rings is 1. The smallest absolute Gasteiger partial charge is 0.165 e. The van der Waals surface area contributed by atoms with E-state index in [2.05, 4.69) is 21.8 Å². The molecule has 3 rings (SSSR count). The molecule has 0 amide bonds. The first-order valence-corrected chi connectivity index (χ1v) is 9.16. The van der Waals surface area contributed by atoms with Crippen molar-refractivity contribution in [3.05, 3.63) is 42.0 Å². The molecule has 0 radical (unpaired) electrons. The molecule has 4 nitrogen and oxygen atoms in total. The lowest BCUT2D eigenvalue weighted by Crippen LogP contribution is -2.33. The molecule has 1 aromatic heterocycles. The third kappa shape index (κ3) is 4.17. The van der Waals surface area contributed by atoms with Gasteiger partial charge in [-0.25, -0.2) is 14.4 Å². The van der Waals surface area contributed by atoms with Crippen molar-refractivity contribution in [2.45, 2.75) is 30.5 Å². The molecule has 1 aromatic carbocycles. The molecule has 2 heterocycles. The second-order valence-corrected chi connectivity index (χ2v) is 7.14. The molecule has 2 aromatic rings. The maximum atomic E-state index is 13.7. The van der Waals surface area contributed by atoms with E-state index in [9.17, 15) is 4.39 Å². The highest BCUT2D eigenvalue weighted by Crippen LogP contribution is 2.27. The standard InChI is InChI=1S/C18H22FN3OS/c1-13-5-7-22(8-6-13)17-10-18(21-12-20-17)24-11-14-3-4-16(23-2)15(19)9-14/h3-4,9-10,12-13H,5-8,11H2,1-2H3. The molecule has 0 unspecified atom stereocenters. The average molecular weight is 347 g/mol. The van der Waals surface area contributed by atoms with E-state index in [0.29, 0.717) is 5.75 Å². The molecule has 0 bridgehead atoms. The molecule has 0 aliphatic carbocycles. The quantitative estimate of drug-likeness (QED) is 0.600. The zero-order valence-corrected chi connectivity index (χ0v) is 14.9. The molecule has 1 aliphatic heterocycles. The minimum Gasteiger partial charge on any atom is -0.494 e. The summed E-state index contributed by atoms with van der Waals surface area (Å²) in [5.74, 6) is 2.38. The minimum atomic E-state index is -0.332. The molecule has 0 saturated carbocycles. The summed E-state index contributed by atoms with van der Waals surface area (Å²) in [5, 5.41) is 0.912. The molecule has 6 heteroatoms. The van der Waals surface area contributed by atoms with Crippen molar-refractivity contribution in [1.82, 2.24) is 9.97 Å². The maximum absolute atomic E-state index is 13.7. The largest absolute Gasteiger partial charge is 0.494 e. The lowest BCUT2D eigenvalue weighted by molar-refractivity contribution is 0.386.